The molecule has 0 spiro atoms. The largest absolute Gasteiger partial charge is 0.398 e. The van der Waals surface area contributed by atoms with Gasteiger partial charge in [-0.1, -0.05) is 43.0 Å². The highest BCUT2D eigenvalue weighted by atomic mass is 15.1. The fourth-order valence-corrected chi connectivity index (χ4v) is 2.97. The first-order chi connectivity index (χ1) is 12.3. The van der Waals surface area contributed by atoms with Crippen LogP contribution in [0.1, 0.15) is 5.69 Å². The van der Waals surface area contributed by atoms with E-state index >= 15 is 0 Å². The maximum absolute atomic E-state index is 6.28. The Morgan fingerprint density at radius 3 is 2.52 bits per heavy atom. The van der Waals surface area contributed by atoms with Crippen LogP contribution in [0.25, 0.3) is 39.6 Å². The second-order valence-electron chi connectivity index (χ2n) is 5.72. The van der Waals surface area contributed by atoms with Crippen LogP contribution in [-0.4, -0.2) is 15.2 Å². The van der Waals surface area contributed by atoms with Crippen molar-refractivity contribution in [3.8, 4) is 33.5 Å². The van der Waals surface area contributed by atoms with Crippen molar-refractivity contribution in [2.75, 3.05) is 5.73 Å². The van der Waals surface area contributed by atoms with Crippen LogP contribution in [0.2, 0.25) is 0 Å². The van der Waals surface area contributed by atoms with Gasteiger partial charge in [0.2, 0.25) is 0 Å². The third-order valence-electron chi connectivity index (χ3n) is 4.23. The van der Waals surface area contributed by atoms with Crippen LogP contribution in [0, 0.1) is 0 Å². The van der Waals surface area contributed by atoms with Crippen molar-refractivity contribution in [2.24, 2.45) is 0 Å². The highest BCUT2D eigenvalue weighted by Crippen LogP contribution is 2.37. The summed E-state index contributed by atoms with van der Waals surface area (Å²) in [4.78, 5) is 4.42. The molecule has 0 unspecified atom stereocenters. The van der Waals surface area contributed by atoms with Crippen molar-refractivity contribution < 1.29 is 0 Å². The molecular formula is C21H16N4. The Balaban J connectivity index is 1.93. The smallest absolute Gasteiger partial charge is 0.105 e. The van der Waals surface area contributed by atoms with E-state index in [4.69, 9.17) is 5.73 Å². The van der Waals surface area contributed by atoms with E-state index in [0.29, 0.717) is 5.69 Å². The highest BCUT2D eigenvalue weighted by molar-refractivity contribution is 5.90. The predicted octanol–water partition coefficient (Wildman–Crippen LogP) is 4.54. The van der Waals surface area contributed by atoms with Gasteiger partial charge in [0.15, 0.2) is 0 Å². The van der Waals surface area contributed by atoms with Gasteiger partial charge in [-0.25, -0.2) is 0 Å². The molecule has 120 valence electrons. The Bertz CT molecular complexity index is 1030. The molecule has 0 amide bonds. The van der Waals surface area contributed by atoms with Crippen molar-refractivity contribution in [1.82, 2.24) is 15.2 Å². The minimum atomic E-state index is 0.690. The van der Waals surface area contributed by atoms with E-state index in [-0.39, 0.29) is 0 Å². The third-order valence-corrected chi connectivity index (χ3v) is 4.23. The van der Waals surface area contributed by atoms with E-state index in [2.05, 4.69) is 40.0 Å². The highest BCUT2D eigenvalue weighted by Gasteiger charge is 2.17. The number of anilines is 1. The molecule has 4 heteroatoms. The Morgan fingerprint density at radius 1 is 0.880 bits per heavy atom. The lowest BCUT2D eigenvalue weighted by molar-refractivity contribution is 1.10. The van der Waals surface area contributed by atoms with E-state index in [1.807, 2.05) is 36.4 Å². The summed E-state index contributed by atoms with van der Waals surface area (Å²) in [6, 6.07) is 18.2. The first-order valence-electron chi connectivity index (χ1n) is 7.96. The number of rotatable bonds is 3. The summed E-state index contributed by atoms with van der Waals surface area (Å²) in [6.07, 6.45) is 5.17. The standard InChI is InChI=1S/C21H16N4/c1-2-20-18-13-24-25-21(18)16(10-11-23-20)17-12-15(8-9-19(17)22)14-6-4-3-5-7-14/h2-13H,1,22H2. The first kappa shape index (κ1) is 15.0. The van der Waals surface area contributed by atoms with Crippen LogP contribution >= 0.6 is 0 Å². The molecule has 4 rings (SSSR count). The van der Waals surface area contributed by atoms with E-state index in [0.717, 1.165) is 39.2 Å². The Hall–Kier alpha value is -3.53. The third kappa shape index (κ3) is 2.64. The van der Waals surface area contributed by atoms with Crippen LogP contribution in [0.5, 0.6) is 0 Å². The van der Waals surface area contributed by atoms with Crippen molar-refractivity contribution in [3.05, 3.63) is 79.3 Å². The maximum Gasteiger partial charge on any atom is 0.105 e. The molecule has 2 aromatic carbocycles. The van der Waals surface area contributed by atoms with E-state index in [1.165, 1.54) is 0 Å². The van der Waals surface area contributed by atoms with Crippen molar-refractivity contribution in [2.45, 2.75) is 0 Å². The van der Waals surface area contributed by atoms with Gasteiger partial charge >= 0.3 is 0 Å². The average molecular weight is 324 g/mol. The summed E-state index contributed by atoms with van der Waals surface area (Å²) in [6.45, 7) is 3.82. The fraction of sp³-hybridized carbons (Fsp3) is 0. The zero-order valence-electron chi connectivity index (χ0n) is 13.6. The Labute approximate surface area is 146 Å². The normalized spacial score (nSPS) is 10.7. The van der Waals surface area contributed by atoms with Crippen LogP contribution < -0.4 is 5.73 Å². The molecule has 2 aliphatic rings. The molecule has 4 nitrogen and oxygen atoms in total. The van der Waals surface area contributed by atoms with Gasteiger partial charge in [0.25, 0.3) is 0 Å². The first-order valence-corrected chi connectivity index (χ1v) is 7.96. The van der Waals surface area contributed by atoms with Gasteiger partial charge in [0.1, 0.15) is 5.69 Å². The molecule has 0 bridgehead atoms. The summed E-state index contributed by atoms with van der Waals surface area (Å²) in [7, 11) is 0. The van der Waals surface area contributed by atoms with E-state index in [9.17, 15) is 0 Å². The molecule has 25 heavy (non-hydrogen) atoms. The van der Waals surface area contributed by atoms with Crippen LogP contribution in [0.4, 0.5) is 5.69 Å². The van der Waals surface area contributed by atoms with Crippen molar-refractivity contribution >= 4 is 11.8 Å². The number of benzene rings is 2. The Kier molecular flexibility index (Phi) is 3.71. The minimum Gasteiger partial charge on any atom is -0.398 e. The summed E-state index contributed by atoms with van der Waals surface area (Å²) in [5.74, 6) is 0. The molecular weight excluding hydrogens is 308 g/mol. The molecule has 2 aromatic rings. The summed E-state index contributed by atoms with van der Waals surface area (Å²) in [5.41, 5.74) is 13.4. The van der Waals surface area contributed by atoms with Gasteiger partial charge in [-0.15, -0.1) is 5.10 Å². The number of hydrogen-bond acceptors (Lipinski definition) is 4. The molecule has 2 N–H and O–H groups in total. The minimum absolute atomic E-state index is 0.690. The molecule has 0 fully saturated rings. The molecule has 0 saturated heterocycles. The van der Waals surface area contributed by atoms with Gasteiger partial charge < -0.3 is 5.73 Å². The van der Waals surface area contributed by atoms with Gasteiger partial charge in [-0.05, 0) is 35.4 Å². The molecule has 0 atom stereocenters. The average Bonchev–Trinajstić information content (AvgIpc) is 3.06. The fourth-order valence-electron chi connectivity index (χ4n) is 2.97. The summed E-state index contributed by atoms with van der Waals surface area (Å²) in [5, 5.41) is 8.35. The quantitative estimate of drug-likeness (QED) is 0.562. The van der Waals surface area contributed by atoms with Crippen LogP contribution in [0.15, 0.2) is 73.6 Å². The van der Waals surface area contributed by atoms with Gasteiger partial charge in [0, 0.05) is 28.6 Å². The molecule has 2 heterocycles. The summed E-state index contributed by atoms with van der Waals surface area (Å²) < 4.78 is 0. The lowest BCUT2D eigenvalue weighted by Crippen LogP contribution is -1.92. The lowest BCUT2D eigenvalue weighted by atomic mass is 9.96. The van der Waals surface area contributed by atoms with E-state index in [1.54, 1.807) is 18.5 Å². The number of fused-ring (bicyclic) bond motifs is 1. The Morgan fingerprint density at radius 2 is 1.72 bits per heavy atom. The molecule has 2 aliphatic heterocycles. The van der Waals surface area contributed by atoms with E-state index < -0.39 is 0 Å². The number of nitrogens with two attached hydrogens (primary N) is 1. The van der Waals surface area contributed by atoms with Crippen LogP contribution in [-0.2, 0) is 0 Å². The zero-order chi connectivity index (χ0) is 17.2. The number of hydrogen-bond donors (Lipinski definition) is 1. The SMILES string of the molecule is C=Cc1nccc(-c2cc(-c3ccccc3)ccc2N)c2nncc1-2. The van der Waals surface area contributed by atoms with Crippen molar-refractivity contribution in [1.29, 1.82) is 0 Å². The monoisotopic (exact) mass is 324 g/mol. The molecule has 0 saturated carbocycles. The second kappa shape index (κ2) is 6.17. The lowest BCUT2D eigenvalue weighted by Gasteiger charge is -2.10. The molecule has 0 aliphatic carbocycles. The van der Waals surface area contributed by atoms with Crippen LogP contribution in [0.3, 0.4) is 0 Å². The van der Waals surface area contributed by atoms with Gasteiger partial charge in [-0.2, -0.15) is 5.10 Å². The van der Waals surface area contributed by atoms with Gasteiger partial charge in [-0.3, -0.25) is 4.98 Å². The van der Waals surface area contributed by atoms with Crippen molar-refractivity contribution in [3.63, 3.8) is 0 Å². The number of aromatic nitrogens is 3. The van der Waals surface area contributed by atoms with Gasteiger partial charge in [0.05, 0.1) is 11.9 Å². The summed E-state index contributed by atoms with van der Waals surface area (Å²) >= 11 is 0. The zero-order valence-corrected chi connectivity index (χ0v) is 13.6. The predicted molar refractivity (Wildman–Crippen MR) is 102 cm³/mol. The molecule has 0 radical (unpaired) electrons. The molecule has 0 aromatic heterocycles. The maximum atomic E-state index is 6.28. The second-order valence-corrected chi connectivity index (χ2v) is 5.72. The number of nitrogens with zero attached hydrogens (tertiary/aromatic N) is 3. The number of nitrogen functional groups attached to an aromatic ring is 1. The topological polar surface area (TPSA) is 64.7 Å².